The minimum absolute atomic E-state index is 0.00711. The Balaban J connectivity index is 2.42. The lowest BCUT2D eigenvalue weighted by Crippen LogP contribution is -2.11. The normalized spacial score (nSPS) is 20.4. The van der Waals surface area contributed by atoms with Gasteiger partial charge in [0.2, 0.25) is 5.88 Å². The van der Waals surface area contributed by atoms with Crippen molar-refractivity contribution in [3.8, 4) is 5.88 Å². The molecule has 0 saturated carbocycles. The maximum atomic E-state index is 12.2. The average molecular weight is 204 g/mol. The number of fused-ring (bicyclic) bond motifs is 1. The van der Waals surface area contributed by atoms with Gasteiger partial charge in [-0.05, 0) is 12.1 Å². The Hall–Kier alpha value is -1.30. The first kappa shape index (κ1) is 9.26. The van der Waals surface area contributed by atoms with Crippen LogP contribution >= 0.6 is 0 Å². The second kappa shape index (κ2) is 2.84. The number of nitrogens with two attached hydrogens (primary N) is 1. The molecule has 0 amide bonds. The van der Waals surface area contributed by atoms with Crippen molar-refractivity contribution in [3.63, 3.8) is 0 Å². The van der Waals surface area contributed by atoms with E-state index in [1.54, 1.807) is 0 Å². The zero-order chi connectivity index (χ0) is 10.3. The highest BCUT2D eigenvalue weighted by molar-refractivity contribution is 5.35. The molecule has 0 unspecified atom stereocenters. The van der Waals surface area contributed by atoms with Crippen LogP contribution < -0.4 is 10.5 Å². The Morgan fingerprint density at radius 1 is 1.43 bits per heavy atom. The van der Waals surface area contributed by atoms with E-state index in [-0.39, 0.29) is 18.5 Å². The number of aromatic nitrogens is 1. The lowest BCUT2D eigenvalue weighted by atomic mass is 10.1. The fourth-order valence-corrected chi connectivity index (χ4v) is 1.27. The summed E-state index contributed by atoms with van der Waals surface area (Å²) in [6, 6.07) is 1.84. The molecule has 2 heterocycles. The van der Waals surface area contributed by atoms with Gasteiger partial charge in [0.1, 0.15) is 12.3 Å². The zero-order valence-electron chi connectivity index (χ0n) is 7.01. The molecule has 1 aliphatic heterocycles. The van der Waals surface area contributed by atoms with Crippen LogP contribution in [0.2, 0.25) is 0 Å². The fourth-order valence-electron chi connectivity index (χ4n) is 1.27. The third-order valence-corrected chi connectivity index (χ3v) is 1.98. The smallest absolute Gasteiger partial charge is 0.433 e. The molecule has 14 heavy (non-hydrogen) atoms. The summed E-state index contributed by atoms with van der Waals surface area (Å²) in [5.74, 6) is -0.00711. The first-order valence-electron chi connectivity index (χ1n) is 3.95. The molecule has 1 aliphatic rings. The van der Waals surface area contributed by atoms with Gasteiger partial charge in [-0.15, -0.1) is 0 Å². The monoisotopic (exact) mass is 204 g/mol. The molecule has 0 aliphatic carbocycles. The van der Waals surface area contributed by atoms with Crippen molar-refractivity contribution in [2.75, 3.05) is 6.61 Å². The van der Waals surface area contributed by atoms with Gasteiger partial charge in [0.15, 0.2) is 0 Å². The Bertz CT molecular complexity index is 364. The number of hydrogen-bond acceptors (Lipinski definition) is 3. The molecular weight excluding hydrogens is 197 g/mol. The minimum atomic E-state index is -4.44. The van der Waals surface area contributed by atoms with Crippen LogP contribution in [-0.4, -0.2) is 11.6 Å². The largest absolute Gasteiger partial charge is 0.475 e. The molecule has 2 N–H and O–H groups in total. The summed E-state index contributed by atoms with van der Waals surface area (Å²) < 4.78 is 41.5. The number of hydrogen-bond donors (Lipinski definition) is 1. The van der Waals surface area contributed by atoms with Gasteiger partial charge in [-0.2, -0.15) is 13.2 Å². The highest BCUT2D eigenvalue weighted by atomic mass is 19.4. The first-order valence-corrected chi connectivity index (χ1v) is 3.95. The maximum absolute atomic E-state index is 12.2. The molecule has 6 heteroatoms. The van der Waals surface area contributed by atoms with E-state index < -0.39 is 11.9 Å². The van der Waals surface area contributed by atoms with Gasteiger partial charge < -0.3 is 10.5 Å². The van der Waals surface area contributed by atoms with Gasteiger partial charge in [-0.3, -0.25) is 0 Å². The van der Waals surface area contributed by atoms with Crippen LogP contribution in [0.3, 0.4) is 0 Å². The quantitative estimate of drug-likeness (QED) is 0.696. The van der Waals surface area contributed by atoms with Crippen LogP contribution in [0.4, 0.5) is 13.2 Å². The molecule has 1 aromatic rings. The lowest BCUT2D eigenvalue weighted by molar-refractivity contribution is -0.141. The molecule has 0 fully saturated rings. The molecule has 0 aromatic carbocycles. The van der Waals surface area contributed by atoms with Gasteiger partial charge in [0, 0.05) is 5.56 Å². The molecule has 3 nitrogen and oxygen atoms in total. The van der Waals surface area contributed by atoms with E-state index in [0.29, 0.717) is 5.56 Å². The van der Waals surface area contributed by atoms with Crippen molar-refractivity contribution in [2.45, 2.75) is 12.2 Å². The van der Waals surface area contributed by atoms with Crippen molar-refractivity contribution in [2.24, 2.45) is 5.73 Å². The average Bonchev–Trinajstić information content (AvgIpc) is 2.46. The number of alkyl halides is 3. The van der Waals surface area contributed by atoms with Crippen molar-refractivity contribution in [1.29, 1.82) is 0 Å². The van der Waals surface area contributed by atoms with E-state index in [2.05, 4.69) is 4.98 Å². The summed E-state index contributed by atoms with van der Waals surface area (Å²) in [6.07, 6.45) is -4.44. The molecule has 1 aromatic heterocycles. The summed E-state index contributed by atoms with van der Waals surface area (Å²) in [6.45, 7) is 0.184. The third kappa shape index (κ3) is 1.41. The van der Waals surface area contributed by atoms with Crippen molar-refractivity contribution < 1.29 is 17.9 Å². The standard InChI is InChI=1S/C8H7F3N2O/c9-8(10,11)6-2-1-4-5(12)3-14-7(4)13-6/h1-2,5H,3,12H2/t5-/m0/s1. The first-order chi connectivity index (χ1) is 6.48. The number of rotatable bonds is 0. The number of pyridine rings is 1. The van der Waals surface area contributed by atoms with Gasteiger partial charge in [-0.1, -0.05) is 0 Å². The molecule has 0 bridgehead atoms. The van der Waals surface area contributed by atoms with Crippen LogP contribution in [0.1, 0.15) is 17.3 Å². The topological polar surface area (TPSA) is 48.1 Å². The van der Waals surface area contributed by atoms with Crippen molar-refractivity contribution in [3.05, 3.63) is 23.4 Å². The Morgan fingerprint density at radius 3 is 2.79 bits per heavy atom. The number of nitrogens with zero attached hydrogens (tertiary/aromatic N) is 1. The second-order valence-corrected chi connectivity index (χ2v) is 3.01. The summed E-state index contributed by atoms with van der Waals surface area (Å²) in [5, 5.41) is 0. The molecular formula is C8H7F3N2O. The van der Waals surface area contributed by atoms with E-state index in [1.165, 1.54) is 6.07 Å². The van der Waals surface area contributed by atoms with E-state index in [0.717, 1.165) is 6.07 Å². The van der Waals surface area contributed by atoms with E-state index in [9.17, 15) is 13.2 Å². The van der Waals surface area contributed by atoms with Crippen LogP contribution in [-0.2, 0) is 6.18 Å². The Kier molecular flexibility index (Phi) is 1.88. The second-order valence-electron chi connectivity index (χ2n) is 3.01. The Labute approximate surface area is 77.7 Å². The molecule has 0 radical (unpaired) electrons. The van der Waals surface area contributed by atoms with Gasteiger partial charge in [0.25, 0.3) is 0 Å². The number of ether oxygens (including phenoxy) is 1. The Morgan fingerprint density at radius 2 is 2.14 bits per heavy atom. The van der Waals surface area contributed by atoms with E-state index >= 15 is 0 Å². The maximum Gasteiger partial charge on any atom is 0.433 e. The summed E-state index contributed by atoms with van der Waals surface area (Å²) in [7, 11) is 0. The predicted octanol–water partition coefficient (Wildman–Crippen LogP) is 1.49. The van der Waals surface area contributed by atoms with Crippen LogP contribution in [0, 0.1) is 0 Å². The minimum Gasteiger partial charge on any atom is -0.475 e. The van der Waals surface area contributed by atoms with Gasteiger partial charge in [-0.25, -0.2) is 4.98 Å². The van der Waals surface area contributed by atoms with Crippen LogP contribution in [0.25, 0.3) is 0 Å². The van der Waals surface area contributed by atoms with Crippen molar-refractivity contribution >= 4 is 0 Å². The van der Waals surface area contributed by atoms with E-state index in [1.807, 2.05) is 0 Å². The summed E-state index contributed by atoms with van der Waals surface area (Å²) >= 11 is 0. The summed E-state index contributed by atoms with van der Waals surface area (Å²) in [5.41, 5.74) is 5.13. The highest BCUT2D eigenvalue weighted by Crippen LogP contribution is 2.34. The summed E-state index contributed by atoms with van der Waals surface area (Å²) in [4.78, 5) is 3.35. The molecule has 0 spiro atoms. The van der Waals surface area contributed by atoms with Crippen molar-refractivity contribution in [1.82, 2.24) is 4.98 Å². The van der Waals surface area contributed by atoms with Gasteiger partial charge >= 0.3 is 6.18 Å². The molecule has 1 atom stereocenters. The molecule has 0 saturated heterocycles. The highest BCUT2D eigenvalue weighted by Gasteiger charge is 2.34. The zero-order valence-corrected chi connectivity index (χ0v) is 7.01. The predicted molar refractivity (Wildman–Crippen MR) is 41.7 cm³/mol. The third-order valence-electron chi connectivity index (χ3n) is 1.98. The molecule has 76 valence electrons. The SMILES string of the molecule is N[C@H]1COc2nc(C(F)(F)F)ccc21. The van der Waals surface area contributed by atoms with Crippen LogP contribution in [0.5, 0.6) is 5.88 Å². The van der Waals surface area contributed by atoms with Crippen LogP contribution in [0.15, 0.2) is 12.1 Å². The van der Waals surface area contributed by atoms with Gasteiger partial charge in [0.05, 0.1) is 6.04 Å². The van der Waals surface area contributed by atoms with E-state index in [4.69, 9.17) is 10.5 Å². The molecule has 2 rings (SSSR count). The fraction of sp³-hybridized carbons (Fsp3) is 0.375. The number of halogens is 3. The lowest BCUT2D eigenvalue weighted by Gasteiger charge is -2.06.